The number of nitriles is 1. The van der Waals surface area contributed by atoms with Gasteiger partial charge in [-0.05, 0) is 25.5 Å². The number of benzene rings is 1. The quantitative estimate of drug-likeness (QED) is 0.866. The molecule has 2 rings (SSSR count). The highest BCUT2D eigenvalue weighted by Gasteiger charge is 2.38. The van der Waals surface area contributed by atoms with Crippen molar-refractivity contribution in [2.45, 2.75) is 50.6 Å². The fraction of sp³-hybridized carbons (Fsp3) is 0.556. The molecule has 0 radical (unpaired) electrons. The highest BCUT2D eigenvalue weighted by molar-refractivity contribution is 5.90. The Balaban J connectivity index is 2.03. The van der Waals surface area contributed by atoms with Crippen LogP contribution in [-0.2, 0) is 14.3 Å². The second-order valence-electron chi connectivity index (χ2n) is 6.08. The summed E-state index contributed by atoms with van der Waals surface area (Å²) < 4.78 is 11.0. The largest absolute Gasteiger partial charge is 0.381 e. The van der Waals surface area contributed by atoms with E-state index in [4.69, 9.17) is 9.47 Å². The zero-order chi connectivity index (χ0) is 17.5. The van der Waals surface area contributed by atoms with Gasteiger partial charge in [0.05, 0.1) is 18.6 Å². The van der Waals surface area contributed by atoms with Crippen LogP contribution in [0.25, 0.3) is 0 Å². The molecule has 1 saturated heterocycles. The van der Waals surface area contributed by atoms with E-state index in [9.17, 15) is 10.1 Å². The average Bonchev–Trinajstić information content (AvgIpc) is 2.60. The molecule has 1 N–H and O–H groups in total. The molecule has 6 heteroatoms. The van der Waals surface area contributed by atoms with Gasteiger partial charge in [0.2, 0.25) is 5.91 Å². The molecule has 1 fully saturated rings. The van der Waals surface area contributed by atoms with Crippen molar-refractivity contribution in [3.63, 3.8) is 0 Å². The SMILES string of the molecule is COC1CC(C)N(C(CC(=O)Nc2ccccc2)OC)C(C#N)C1. The van der Waals surface area contributed by atoms with Crippen molar-refractivity contribution in [1.82, 2.24) is 4.90 Å². The molecule has 1 aromatic rings. The number of rotatable bonds is 6. The van der Waals surface area contributed by atoms with Crippen LogP contribution in [0, 0.1) is 11.3 Å². The van der Waals surface area contributed by atoms with E-state index in [-0.39, 0.29) is 30.5 Å². The van der Waals surface area contributed by atoms with Crippen LogP contribution in [0.1, 0.15) is 26.2 Å². The van der Waals surface area contributed by atoms with E-state index in [0.29, 0.717) is 6.42 Å². The Morgan fingerprint density at radius 3 is 2.67 bits per heavy atom. The minimum Gasteiger partial charge on any atom is -0.381 e. The van der Waals surface area contributed by atoms with E-state index in [0.717, 1.165) is 12.1 Å². The fourth-order valence-electron chi connectivity index (χ4n) is 3.28. The van der Waals surface area contributed by atoms with Gasteiger partial charge in [0.15, 0.2) is 0 Å². The summed E-state index contributed by atoms with van der Waals surface area (Å²) in [6.45, 7) is 2.04. The number of piperidine rings is 1. The van der Waals surface area contributed by atoms with Crippen LogP contribution in [0.4, 0.5) is 5.69 Å². The van der Waals surface area contributed by atoms with E-state index in [1.807, 2.05) is 42.2 Å². The third-order valence-corrected chi connectivity index (χ3v) is 4.46. The number of anilines is 1. The van der Waals surface area contributed by atoms with Gasteiger partial charge in [-0.25, -0.2) is 0 Å². The lowest BCUT2D eigenvalue weighted by atomic mass is 9.93. The first-order valence-corrected chi connectivity index (χ1v) is 8.16. The molecular formula is C18H25N3O3. The van der Waals surface area contributed by atoms with E-state index in [1.54, 1.807) is 14.2 Å². The zero-order valence-corrected chi connectivity index (χ0v) is 14.4. The second-order valence-corrected chi connectivity index (χ2v) is 6.08. The maximum absolute atomic E-state index is 12.3. The Morgan fingerprint density at radius 2 is 2.08 bits per heavy atom. The van der Waals surface area contributed by atoms with Crippen molar-refractivity contribution in [3.8, 4) is 6.07 Å². The van der Waals surface area contributed by atoms with Gasteiger partial charge < -0.3 is 14.8 Å². The molecular weight excluding hydrogens is 306 g/mol. The van der Waals surface area contributed by atoms with Gasteiger partial charge >= 0.3 is 0 Å². The number of carbonyl (C=O) groups excluding carboxylic acids is 1. The molecule has 0 spiro atoms. The van der Waals surface area contributed by atoms with Crippen LogP contribution in [0.2, 0.25) is 0 Å². The van der Waals surface area contributed by atoms with Crippen molar-refractivity contribution in [2.24, 2.45) is 0 Å². The van der Waals surface area contributed by atoms with Crippen LogP contribution in [0.5, 0.6) is 0 Å². The number of nitrogens with one attached hydrogen (secondary N) is 1. The second kappa shape index (κ2) is 8.78. The molecule has 130 valence electrons. The molecule has 0 aliphatic carbocycles. The highest BCUT2D eigenvalue weighted by atomic mass is 16.5. The molecule has 24 heavy (non-hydrogen) atoms. The average molecular weight is 331 g/mol. The summed E-state index contributed by atoms with van der Waals surface area (Å²) in [5, 5.41) is 12.4. The predicted octanol–water partition coefficient (Wildman–Crippen LogP) is 2.38. The smallest absolute Gasteiger partial charge is 0.228 e. The van der Waals surface area contributed by atoms with Gasteiger partial charge in [-0.3, -0.25) is 9.69 Å². The topological polar surface area (TPSA) is 74.6 Å². The van der Waals surface area contributed by atoms with Crippen LogP contribution in [0.3, 0.4) is 0 Å². The number of hydrogen-bond donors (Lipinski definition) is 1. The van der Waals surface area contributed by atoms with Crippen molar-refractivity contribution >= 4 is 11.6 Å². The van der Waals surface area contributed by atoms with Crippen LogP contribution in [0.15, 0.2) is 30.3 Å². The number of amides is 1. The van der Waals surface area contributed by atoms with Crippen molar-refractivity contribution in [2.75, 3.05) is 19.5 Å². The minimum absolute atomic E-state index is 0.0663. The number of hydrogen-bond acceptors (Lipinski definition) is 5. The van der Waals surface area contributed by atoms with E-state index >= 15 is 0 Å². The van der Waals surface area contributed by atoms with E-state index < -0.39 is 6.23 Å². The van der Waals surface area contributed by atoms with Crippen LogP contribution in [-0.4, -0.2) is 49.4 Å². The summed E-state index contributed by atoms with van der Waals surface area (Å²) in [5.41, 5.74) is 0.750. The van der Waals surface area contributed by atoms with Crippen molar-refractivity contribution in [1.29, 1.82) is 5.26 Å². The zero-order valence-electron chi connectivity index (χ0n) is 14.4. The summed E-state index contributed by atoms with van der Waals surface area (Å²) in [6, 6.07) is 11.4. The Labute approximate surface area is 143 Å². The lowest BCUT2D eigenvalue weighted by Gasteiger charge is -2.44. The van der Waals surface area contributed by atoms with Gasteiger partial charge in [-0.1, -0.05) is 18.2 Å². The number of likely N-dealkylation sites (tertiary alicyclic amines) is 1. The summed E-state index contributed by atoms with van der Waals surface area (Å²) in [7, 11) is 3.24. The first kappa shape index (κ1) is 18.4. The summed E-state index contributed by atoms with van der Waals surface area (Å²) in [6.07, 6.45) is 1.24. The van der Waals surface area contributed by atoms with E-state index in [1.165, 1.54) is 0 Å². The predicted molar refractivity (Wildman–Crippen MR) is 91.2 cm³/mol. The van der Waals surface area contributed by atoms with Gasteiger partial charge in [-0.15, -0.1) is 0 Å². The summed E-state index contributed by atoms with van der Waals surface area (Å²) in [4.78, 5) is 14.3. The summed E-state index contributed by atoms with van der Waals surface area (Å²) >= 11 is 0. The monoisotopic (exact) mass is 331 g/mol. The first-order valence-electron chi connectivity index (χ1n) is 8.16. The molecule has 1 aliphatic rings. The Morgan fingerprint density at radius 1 is 1.38 bits per heavy atom. The molecule has 0 bridgehead atoms. The Kier molecular flexibility index (Phi) is 6.73. The third-order valence-electron chi connectivity index (χ3n) is 4.46. The van der Waals surface area contributed by atoms with Crippen molar-refractivity contribution < 1.29 is 14.3 Å². The minimum atomic E-state index is -0.439. The lowest BCUT2D eigenvalue weighted by molar-refractivity contribution is -0.132. The van der Waals surface area contributed by atoms with E-state index in [2.05, 4.69) is 11.4 Å². The molecule has 6 nitrogen and oxygen atoms in total. The number of carbonyl (C=O) groups is 1. The van der Waals surface area contributed by atoms with Gasteiger partial charge in [0.1, 0.15) is 12.3 Å². The molecule has 1 aliphatic heterocycles. The summed E-state index contributed by atoms with van der Waals surface area (Å²) in [5.74, 6) is -0.134. The third kappa shape index (κ3) is 4.54. The molecule has 0 saturated carbocycles. The maximum Gasteiger partial charge on any atom is 0.228 e. The molecule has 0 aromatic heterocycles. The van der Waals surface area contributed by atoms with Crippen LogP contribution < -0.4 is 5.32 Å². The number of nitrogens with zero attached hydrogens (tertiary/aromatic N) is 2. The maximum atomic E-state index is 12.3. The van der Waals surface area contributed by atoms with Gasteiger partial charge in [0.25, 0.3) is 0 Å². The molecule has 4 atom stereocenters. The van der Waals surface area contributed by atoms with Crippen molar-refractivity contribution in [3.05, 3.63) is 30.3 Å². The normalized spacial score (nSPS) is 25.7. The Hall–Kier alpha value is -1.94. The van der Waals surface area contributed by atoms with Gasteiger partial charge in [-0.2, -0.15) is 5.26 Å². The number of para-hydroxylation sites is 1. The fourth-order valence-corrected chi connectivity index (χ4v) is 3.28. The van der Waals surface area contributed by atoms with Crippen LogP contribution >= 0.6 is 0 Å². The number of methoxy groups -OCH3 is 2. The number of ether oxygens (including phenoxy) is 2. The molecule has 4 unspecified atom stereocenters. The molecule has 1 aromatic carbocycles. The highest BCUT2D eigenvalue weighted by Crippen LogP contribution is 2.28. The van der Waals surface area contributed by atoms with Gasteiger partial charge in [0, 0.05) is 32.4 Å². The Bertz CT molecular complexity index is 573. The lowest BCUT2D eigenvalue weighted by Crippen LogP contribution is -2.55. The molecule has 1 amide bonds. The molecule has 1 heterocycles. The standard InChI is InChI=1S/C18H25N3O3/c1-13-9-16(23-2)10-15(12-19)21(13)18(24-3)11-17(22)20-14-7-5-4-6-8-14/h4-8,13,15-16,18H,9-11H2,1-3H3,(H,20,22). The first-order chi connectivity index (χ1) is 11.6.